The van der Waals surface area contributed by atoms with Crippen LogP contribution in [0.2, 0.25) is 0 Å². The molecule has 0 amide bonds. The predicted molar refractivity (Wildman–Crippen MR) is 149 cm³/mol. The first-order valence-corrected chi connectivity index (χ1v) is 17.1. The fraction of sp³-hybridized carbons (Fsp3) is 0.929. The molecule has 0 heterocycles. The smallest absolute Gasteiger partial charge is 0.310 e. The van der Waals surface area contributed by atoms with Crippen LogP contribution in [0.4, 0.5) is 0 Å². The molecule has 15 heteroatoms. The fourth-order valence-electron chi connectivity index (χ4n) is 7.40. The number of sulfone groups is 1. The second kappa shape index (κ2) is 15.4. The van der Waals surface area contributed by atoms with Gasteiger partial charge in [0.15, 0.2) is 9.84 Å². The number of ether oxygens (including phenoxy) is 1. The van der Waals surface area contributed by atoms with Crippen LogP contribution in [0.5, 0.6) is 0 Å². The normalized spacial score (nSPS) is 37.3. The second-order valence-corrected chi connectivity index (χ2v) is 15.3. The number of esters is 1. The molecule has 0 saturated heterocycles. The zero-order valence-corrected chi connectivity index (χ0v) is 25.2. The molecule has 0 aromatic rings. The first kappa shape index (κ1) is 34.0. The summed E-state index contributed by atoms with van der Waals surface area (Å²) in [6, 6.07) is -0.979. The minimum Gasteiger partial charge on any atom is -0.481 e. The van der Waals surface area contributed by atoms with E-state index in [1.807, 2.05) is 0 Å². The monoisotopic (exact) mass is 635 g/mol. The van der Waals surface area contributed by atoms with E-state index in [4.69, 9.17) is 19.8 Å². The highest BCUT2D eigenvalue weighted by Gasteiger charge is 2.46. The van der Waals surface area contributed by atoms with Gasteiger partial charge in [-0.2, -0.15) is 0 Å². The number of aliphatic hydroxyl groups excluding tert-OH is 1. The van der Waals surface area contributed by atoms with Crippen molar-refractivity contribution in [2.75, 3.05) is 13.2 Å². The van der Waals surface area contributed by atoms with Crippen LogP contribution in [-0.2, 0) is 38.8 Å². The Morgan fingerprint density at radius 2 is 1.42 bits per heavy atom. The van der Waals surface area contributed by atoms with E-state index in [-0.39, 0.29) is 43.8 Å². The first-order valence-electron chi connectivity index (χ1n) is 15.5. The van der Waals surface area contributed by atoms with Crippen LogP contribution >= 0.6 is 0 Å². The highest BCUT2D eigenvalue weighted by molar-refractivity contribution is 7.92. The Morgan fingerprint density at radius 1 is 0.791 bits per heavy atom. The first-order chi connectivity index (χ1) is 20.5. The summed E-state index contributed by atoms with van der Waals surface area (Å²) < 4.78 is 32.4. The van der Waals surface area contributed by atoms with Crippen LogP contribution in [0.25, 0.3) is 0 Å². The number of carbonyl (C=O) groups excluding carboxylic acids is 1. The standard InChI is InChI=1S/C28H45NO13S/c30-20-3-1-17(18(13-20)15-39-36)16-40-42-22-6-10-24(11-7-22)43(37,38)23-8-4-21(5-9-23)41-28(33)26-14-19(29(34)35)2-12-25(26)27(31)32/h17-26,30,36H,1-16H2,(H,31,32). The Morgan fingerprint density at radius 3 is 2.00 bits per heavy atom. The van der Waals surface area contributed by atoms with E-state index < -0.39 is 67.3 Å². The third-order valence-electron chi connectivity index (χ3n) is 10.1. The molecule has 4 saturated carbocycles. The summed E-state index contributed by atoms with van der Waals surface area (Å²) in [4.78, 5) is 50.7. The van der Waals surface area contributed by atoms with Gasteiger partial charge in [-0.25, -0.2) is 23.1 Å². The third-order valence-corrected chi connectivity index (χ3v) is 12.9. The maximum atomic E-state index is 13.4. The maximum Gasteiger partial charge on any atom is 0.310 e. The van der Waals surface area contributed by atoms with Gasteiger partial charge in [-0.15, -0.1) is 0 Å². The number of rotatable bonds is 12. The summed E-state index contributed by atoms with van der Waals surface area (Å²) in [6.45, 7) is 0.426. The number of nitro groups is 1. The average Bonchev–Trinajstić information content (AvgIpc) is 2.98. The Balaban J connectivity index is 1.19. The van der Waals surface area contributed by atoms with Crippen molar-refractivity contribution >= 4 is 21.8 Å². The number of carboxylic acid groups (broad SMARTS) is 1. The Bertz CT molecular complexity index is 1050. The molecule has 14 nitrogen and oxygen atoms in total. The summed E-state index contributed by atoms with van der Waals surface area (Å²) in [6.07, 6.45) is 4.05. The SMILES string of the molecule is O=C(O)C1CCC([N+](=O)[O-])CC1C(=O)OC1CCC(S(=O)(=O)C2CCC(OOCC3CCC(O)CC3COO)CC2)CC1. The van der Waals surface area contributed by atoms with Crippen LogP contribution in [0.3, 0.4) is 0 Å². The number of carbonyl (C=O) groups is 2. The molecule has 4 fully saturated rings. The van der Waals surface area contributed by atoms with E-state index in [0.29, 0.717) is 70.8 Å². The molecule has 6 atom stereocenters. The molecule has 0 aromatic heterocycles. The van der Waals surface area contributed by atoms with Crippen LogP contribution < -0.4 is 0 Å². The average molecular weight is 636 g/mol. The highest BCUT2D eigenvalue weighted by Crippen LogP contribution is 2.37. The van der Waals surface area contributed by atoms with Gasteiger partial charge in [0.1, 0.15) is 6.10 Å². The number of aliphatic hydroxyl groups is 1. The summed E-state index contributed by atoms with van der Waals surface area (Å²) in [7, 11) is -3.42. The van der Waals surface area contributed by atoms with Crippen LogP contribution in [0, 0.1) is 33.8 Å². The van der Waals surface area contributed by atoms with Gasteiger partial charge in [-0.05, 0) is 88.9 Å². The van der Waals surface area contributed by atoms with Gasteiger partial charge < -0.3 is 14.9 Å². The zero-order chi connectivity index (χ0) is 31.1. The van der Waals surface area contributed by atoms with Gasteiger partial charge in [0.05, 0.1) is 47.8 Å². The van der Waals surface area contributed by atoms with E-state index in [1.54, 1.807) is 0 Å². The van der Waals surface area contributed by atoms with Gasteiger partial charge in [0, 0.05) is 17.8 Å². The molecule has 3 N–H and O–H groups in total. The lowest BCUT2D eigenvalue weighted by Crippen LogP contribution is -2.43. The molecule has 0 aliphatic heterocycles. The lowest BCUT2D eigenvalue weighted by atomic mass is 9.77. The van der Waals surface area contributed by atoms with Crippen molar-refractivity contribution in [3.05, 3.63) is 10.1 Å². The largest absolute Gasteiger partial charge is 0.481 e. The Hall–Kier alpha value is -1.91. The minimum absolute atomic E-state index is 0.0355. The van der Waals surface area contributed by atoms with Gasteiger partial charge in [-0.1, -0.05) is 0 Å². The van der Waals surface area contributed by atoms with E-state index in [0.717, 1.165) is 6.42 Å². The predicted octanol–water partition coefficient (Wildman–Crippen LogP) is 2.93. The van der Waals surface area contributed by atoms with Crippen molar-refractivity contribution < 1.29 is 57.8 Å². The number of carboxylic acids is 1. The third kappa shape index (κ3) is 8.85. The quantitative estimate of drug-likeness (QED) is 0.122. The van der Waals surface area contributed by atoms with Crippen molar-refractivity contribution in [2.24, 2.45) is 23.7 Å². The summed E-state index contributed by atoms with van der Waals surface area (Å²) in [5.41, 5.74) is 0. The van der Waals surface area contributed by atoms with E-state index >= 15 is 0 Å². The van der Waals surface area contributed by atoms with Crippen molar-refractivity contribution in [3.8, 4) is 0 Å². The van der Waals surface area contributed by atoms with Gasteiger partial charge in [-0.3, -0.25) is 25.0 Å². The van der Waals surface area contributed by atoms with E-state index in [2.05, 4.69) is 4.89 Å². The number of nitrogens with zero attached hydrogens (tertiary/aromatic N) is 1. The molecule has 6 unspecified atom stereocenters. The van der Waals surface area contributed by atoms with Gasteiger partial charge >= 0.3 is 11.9 Å². The lowest BCUT2D eigenvalue weighted by Gasteiger charge is -2.35. The number of aliphatic carboxylic acids is 1. The molecule has 0 bridgehead atoms. The lowest BCUT2D eigenvalue weighted by molar-refractivity contribution is -0.528. The van der Waals surface area contributed by atoms with Crippen LogP contribution in [0.1, 0.15) is 89.9 Å². The number of hydrogen-bond acceptors (Lipinski definition) is 12. The van der Waals surface area contributed by atoms with Crippen molar-refractivity contribution in [2.45, 2.75) is 125 Å². The van der Waals surface area contributed by atoms with Crippen molar-refractivity contribution in [1.82, 2.24) is 0 Å². The maximum absolute atomic E-state index is 13.4. The van der Waals surface area contributed by atoms with Crippen LogP contribution in [0.15, 0.2) is 0 Å². The molecule has 0 spiro atoms. The summed E-state index contributed by atoms with van der Waals surface area (Å²) >= 11 is 0. The molecule has 43 heavy (non-hydrogen) atoms. The Labute approximate surface area is 251 Å². The van der Waals surface area contributed by atoms with E-state index in [1.165, 1.54) is 0 Å². The van der Waals surface area contributed by atoms with Gasteiger partial charge in [0.2, 0.25) is 6.04 Å². The topological polar surface area (TPSA) is 209 Å². The number of hydrogen-bond donors (Lipinski definition) is 3. The molecule has 4 aliphatic carbocycles. The zero-order valence-electron chi connectivity index (χ0n) is 24.4. The van der Waals surface area contributed by atoms with Crippen LogP contribution in [-0.4, -0.2) is 88.8 Å². The summed E-state index contributed by atoms with van der Waals surface area (Å²) in [5.74, 6) is -3.98. The molecule has 246 valence electrons. The van der Waals surface area contributed by atoms with Crippen molar-refractivity contribution in [3.63, 3.8) is 0 Å². The molecule has 0 aromatic carbocycles. The molecular formula is C28H45NO13S. The Kier molecular flexibility index (Phi) is 12.2. The minimum atomic E-state index is -3.42. The fourth-order valence-corrected chi connectivity index (χ4v) is 9.80. The summed E-state index contributed by atoms with van der Waals surface area (Å²) in [5, 5.41) is 38.4. The van der Waals surface area contributed by atoms with E-state index in [9.17, 15) is 38.3 Å². The highest BCUT2D eigenvalue weighted by atomic mass is 32.2. The molecule has 0 radical (unpaired) electrons. The van der Waals surface area contributed by atoms with Gasteiger partial charge in [0.25, 0.3) is 0 Å². The van der Waals surface area contributed by atoms with Crippen molar-refractivity contribution in [1.29, 1.82) is 0 Å². The second-order valence-electron chi connectivity index (χ2n) is 12.8. The molecular weight excluding hydrogens is 590 g/mol. The molecule has 4 rings (SSSR count). The molecule has 4 aliphatic rings.